The number of carbonyl (C=O) groups excluding carboxylic acids is 1. The van der Waals surface area contributed by atoms with Gasteiger partial charge in [0.05, 0.1) is 17.3 Å². The fourth-order valence-corrected chi connectivity index (χ4v) is 2.99. The van der Waals surface area contributed by atoms with E-state index in [1.807, 2.05) is 52.0 Å². The Balaban J connectivity index is 2.67. The number of para-hydroxylation sites is 1. The van der Waals surface area contributed by atoms with E-state index in [1.54, 1.807) is 0 Å². The van der Waals surface area contributed by atoms with E-state index in [2.05, 4.69) is 15.9 Å². The highest BCUT2D eigenvalue weighted by molar-refractivity contribution is 9.10. The number of fused-ring (bicyclic) bond motifs is 1. The van der Waals surface area contributed by atoms with Crippen LogP contribution in [-0.4, -0.2) is 21.4 Å². The molecule has 1 atom stereocenters. The molecule has 0 unspecified atom stereocenters. The third kappa shape index (κ3) is 3.14. The molecule has 21 heavy (non-hydrogen) atoms. The van der Waals surface area contributed by atoms with Crippen molar-refractivity contribution in [2.75, 3.05) is 0 Å². The first kappa shape index (κ1) is 16.0. The van der Waals surface area contributed by atoms with E-state index in [-0.39, 0.29) is 0 Å². The lowest BCUT2D eigenvalue weighted by molar-refractivity contribution is 0.0520. The molecule has 1 aromatic carbocycles. The third-order valence-electron chi connectivity index (χ3n) is 3.13. The lowest BCUT2D eigenvalue weighted by atomic mass is 10.2. The number of carbonyl (C=O) groups is 1. The number of nitrogens with zero attached hydrogens (tertiary/aromatic N) is 1. The molecule has 2 aromatic rings. The highest BCUT2D eigenvalue weighted by Gasteiger charge is 2.27. The Labute approximate surface area is 132 Å². The first-order chi connectivity index (χ1) is 9.76. The van der Waals surface area contributed by atoms with Gasteiger partial charge in [0.15, 0.2) is 0 Å². The zero-order chi connectivity index (χ0) is 15.8. The van der Waals surface area contributed by atoms with Gasteiger partial charge in [0.25, 0.3) is 0 Å². The monoisotopic (exact) mass is 353 g/mol. The summed E-state index contributed by atoms with van der Waals surface area (Å²) in [5.41, 5.74) is 0.665. The Kier molecular flexibility index (Phi) is 4.44. The highest BCUT2D eigenvalue weighted by Crippen LogP contribution is 2.36. The number of halogens is 1. The maximum atomic E-state index is 12.5. The summed E-state index contributed by atoms with van der Waals surface area (Å²) in [5, 5.41) is 11.2. The standard InChI is InChI=1S/C16H20BrNO3/c1-5-12(19)14-13(17)10-8-6-7-9-11(10)18(14)15(20)21-16(2,3)4/h6-9,12,19H,5H2,1-4H3/t12-/m1/s1. The average Bonchev–Trinajstić information content (AvgIpc) is 2.70. The van der Waals surface area contributed by atoms with Crippen LogP contribution >= 0.6 is 15.9 Å². The van der Waals surface area contributed by atoms with Gasteiger partial charge in [-0.1, -0.05) is 25.1 Å². The second-order valence-electron chi connectivity index (χ2n) is 5.96. The molecule has 0 spiro atoms. The molecule has 5 heteroatoms. The van der Waals surface area contributed by atoms with Crippen LogP contribution < -0.4 is 0 Å². The van der Waals surface area contributed by atoms with Gasteiger partial charge in [0, 0.05) is 9.86 Å². The Hall–Kier alpha value is -1.33. The van der Waals surface area contributed by atoms with Crippen LogP contribution in [-0.2, 0) is 4.74 Å². The molecule has 0 saturated carbocycles. The summed E-state index contributed by atoms with van der Waals surface area (Å²) >= 11 is 3.50. The number of ether oxygens (including phenoxy) is 1. The Bertz CT molecular complexity index is 670. The number of aromatic nitrogens is 1. The number of rotatable bonds is 2. The van der Waals surface area contributed by atoms with E-state index in [0.717, 1.165) is 15.4 Å². The fraction of sp³-hybridized carbons (Fsp3) is 0.438. The van der Waals surface area contributed by atoms with E-state index in [1.165, 1.54) is 4.57 Å². The molecule has 0 aliphatic rings. The topological polar surface area (TPSA) is 51.5 Å². The van der Waals surface area contributed by atoms with Crippen LogP contribution in [0.15, 0.2) is 28.7 Å². The number of aliphatic hydroxyl groups is 1. The van der Waals surface area contributed by atoms with E-state index in [0.29, 0.717) is 12.1 Å². The van der Waals surface area contributed by atoms with Crippen LogP contribution in [0, 0.1) is 0 Å². The molecule has 1 N–H and O–H groups in total. The largest absolute Gasteiger partial charge is 0.443 e. The maximum absolute atomic E-state index is 12.5. The molecule has 1 aromatic heterocycles. The van der Waals surface area contributed by atoms with Crippen molar-refractivity contribution in [3.05, 3.63) is 34.4 Å². The van der Waals surface area contributed by atoms with Gasteiger partial charge in [-0.05, 0) is 49.2 Å². The van der Waals surface area contributed by atoms with Crippen LogP contribution in [0.2, 0.25) is 0 Å². The summed E-state index contributed by atoms with van der Waals surface area (Å²) in [6, 6.07) is 7.51. The molecule has 0 fully saturated rings. The average molecular weight is 354 g/mol. The van der Waals surface area contributed by atoms with Crippen molar-refractivity contribution in [3.63, 3.8) is 0 Å². The molecule has 0 aliphatic heterocycles. The summed E-state index contributed by atoms with van der Waals surface area (Å²) in [6.45, 7) is 7.33. The Morgan fingerprint density at radius 3 is 2.57 bits per heavy atom. The van der Waals surface area contributed by atoms with E-state index < -0.39 is 17.8 Å². The third-order valence-corrected chi connectivity index (χ3v) is 3.96. The van der Waals surface area contributed by atoms with Crippen molar-refractivity contribution < 1.29 is 14.6 Å². The van der Waals surface area contributed by atoms with Gasteiger partial charge < -0.3 is 9.84 Å². The van der Waals surface area contributed by atoms with E-state index in [4.69, 9.17) is 4.74 Å². The minimum absolute atomic E-state index is 0.480. The fourth-order valence-electron chi connectivity index (χ4n) is 2.21. The molecule has 0 amide bonds. The van der Waals surface area contributed by atoms with Gasteiger partial charge in [-0.3, -0.25) is 0 Å². The van der Waals surface area contributed by atoms with Crippen LogP contribution in [0.1, 0.15) is 45.9 Å². The molecule has 0 radical (unpaired) electrons. The summed E-state index contributed by atoms with van der Waals surface area (Å²) in [7, 11) is 0. The van der Waals surface area contributed by atoms with Crippen molar-refractivity contribution in [2.24, 2.45) is 0 Å². The van der Waals surface area contributed by atoms with Gasteiger partial charge in [0.1, 0.15) is 5.60 Å². The SMILES string of the molecule is CC[C@@H](O)c1c(Br)c2ccccc2n1C(=O)OC(C)(C)C. The highest BCUT2D eigenvalue weighted by atomic mass is 79.9. The summed E-state index contributed by atoms with van der Waals surface area (Å²) in [6.07, 6.45) is -0.705. The zero-order valence-corrected chi connectivity index (χ0v) is 14.3. The lowest BCUT2D eigenvalue weighted by Gasteiger charge is -2.22. The van der Waals surface area contributed by atoms with Crippen molar-refractivity contribution >= 4 is 32.9 Å². The first-order valence-electron chi connectivity index (χ1n) is 6.96. The van der Waals surface area contributed by atoms with Crippen molar-refractivity contribution in [2.45, 2.75) is 45.8 Å². The number of aliphatic hydroxyl groups excluding tert-OH is 1. The number of hydrogen-bond acceptors (Lipinski definition) is 3. The summed E-state index contributed by atoms with van der Waals surface area (Å²) in [4.78, 5) is 12.5. The molecule has 4 nitrogen and oxygen atoms in total. The van der Waals surface area contributed by atoms with Crippen LogP contribution in [0.4, 0.5) is 4.79 Å². The normalized spacial score (nSPS) is 13.4. The van der Waals surface area contributed by atoms with Gasteiger partial charge in [0.2, 0.25) is 0 Å². The summed E-state index contributed by atoms with van der Waals surface area (Å²) < 4.78 is 7.66. The molecular formula is C16H20BrNO3. The molecule has 2 rings (SSSR count). The second kappa shape index (κ2) is 5.81. The quantitative estimate of drug-likeness (QED) is 0.855. The van der Waals surface area contributed by atoms with Crippen LogP contribution in [0.25, 0.3) is 10.9 Å². The smallest absolute Gasteiger partial charge is 0.419 e. The Morgan fingerprint density at radius 2 is 2.00 bits per heavy atom. The summed E-state index contributed by atoms with van der Waals surface area (Å²) in [5.74, 6) is 0. The van der Waals surface area contributed by atoms with E-state index in [9.17, 15) is 9.90 Å². The molecule has 0 bridgehead atoms. The molecule has 0 saturated heterocycles. The van der Waals surface area contributed by atoms with Gasteiger partial charge in [-0.2, -0.15) is 0 Å². The van der Waals surface area contributed by atoms with Crippen LogP contribution in [0.5, 0.6) is 0 Å². The van der Waals surface area contributed by atoms with Crippen LogP contribution in [0.3, 0.4) is 0 Å². The van der Waals surface area contributed by atoms with Crippen molar-refractivity contribution in [1.82, 2.24) is 4.57 Å². The Morgan fingerprint density at radius 1 is 1.38 bits per heavy atom. The maximum Gasteiger partial charge on any atom is 0.419 e. The predicted octanol–water partition coefficient (Wildman–Crippen LogP) is 4.63. The molecule has 0 aliphatic carbocycles. The van der Waals surface area contributed by atoms with Gasteiger partial charge in [-0.25, -0.2) is 9.36 Å². The first-order valence-corrected chi connectivity index (χ1v) is 7.75. The minimum Gasteiger partial charge on any atom is -0.443 e. The number of benzene rings is 1. The lowest BCUT2D eigenvalue weighted by Crippen LogP contribution is -2.28. The number of hydrogen-bond donors (Lipinski definition) is 1. The zero-order valence-electron chi connectivity index (χ0n) is 12.7. The minimum atomic E-state index is -0.737. The van der Waals surface area contributed by atoms with Crippen molar-refractivity contribution in [1.29, 1.82) is 0 Å². The second-order valence-corrected chi connectivity index (χ2v) is 6.75. The predicted molar refractivity (Wildman–Crippen MR) is 86.5 cm³/mol. The van der Waals surface area contributed by atoms with Gasteiger partial charge in [-0.15, -0.1) is 0 Å². The molecular weight excluding hydrogens is 334 g/mol. The van der Waals surface area contributed by atoms with E-state index >= 15 is 0 Å². The molecule has 1 heterocycles. The molecule has 114 valence electrons. The van der Waals surface area contributed by atoms with Gasteiger partial charge >= 0.3 is 6.09 Å². The van der Waals surface area contributed by atoms with Crippen molar-refractivity contribution in [3.8, 4) is 0 Å².